The zero-order chi connectivity index (χ0) is 19.4. The lowest BCUT2D eigenvalue weighted by Crippen LogP contribution is -2.49. The van der Waals surface area contributed by atoms with Crippen LogP contribution in [-0.4, -0.2) is 53.2 Å². The monoisotopic (exact) mass is 384 g/mol. The topological polar surface area (TPSA) is 77.9 Å². The zero-order valence-electron chi connectivity index (χ0n) is 14.9. The number of carbonyl (C=O) groups is 3. The van der Waals surface area contributed by atoms with E-state index in [0.29, 0.717) is 5.69 Å². The van der Waals surface area contributed by atoms with Crippen LogP contribution in [0.2, 0.25) is 0 Å². The fraction of sp³-hybridized carbons (Fsp3) is 0.250. The van der Waals surface area contributed by atoms with Gasteiger partial charge < -0.3 is 14.9 Å². The Labute approximate surface area is 161 Å². The van der Waals surface area contributed by atoms with Gasteiger partial charge in [-0.2, -0.15) is 0 Å². The van der Waals surface area contributed by atoms with Crippen LogP contribution >= 0.6 is 11.8 Å². The van der Waals surface area contributed by atoms with E-state index in [0.717, 1.165) is 10.5 Å². The molecule has 0 aliphatic carbocycles. The molecule has 7 heteroatoms. The van der Waals surface area contributed by atoms with E-state index in [1.54, 1.807) is 6.07 Å². The molecule has 1 aliphatic rings. The molecule has 2 aromatic rings. The average Bonchev–Trinajstić information content (AvgIpc) is 2.68. The predicted octanol–water partition coefficient (Wildman–Crippen LogP) is 2.28. The maximum Gasteiger partial charge on any atom is 0.326 e. The van der Waals surface area contributed by atoms with Gasteiger partial charge in [0, 0.05) is 18.4 Å². The van der Waals surface area contributed by atoms with Crippen molar-refractivity contribution >= 4 is 35.2 Å². The van der Waals surface area contributed by atoms with Crippen LogP contribution in [-0.2, 0) is 20.8 Å². The van der Waals surface area contributed by atoms with Gasteiger partial charge in [0.05, 0.1) is 11.4 Å². The molecule has 0 radical (unpaired) electrons. The molecule has 0 saturated heterocycles. The summed E-state index contributed by atoms with van der Waals surface area (Å²) < 4.78 is 0. The summed E-state index contributed by atoms with van der Waals surface area (Å²) in [5.41, 5.74) is 1.52. The minimum atomic E-state index is -1.07. The van der Waals surface area contributed by atoms with Crippen molar-refractivity contribution < 1.29 is 19.5 Å². The van der Waals surface area contributed by atoms with Crippen molar-refractivity contribution in [3.8, 4) is 0 Å². The highest BCUT2D eigenvalue weighted by Crippen LogP contribution is 2.34. The van der Waals surface area contributed by atoms with E-state index in [2.05, 4.69) is 0 Å². The summed E-state index contributed by atoms with van der Waals surface area (Å²) in [6, 6.07) is 15.6. The average molecular weight is 384 g/mol. The number of rotatable bonds is 6. The molecule has 1 heterocycles. The van der Waals surface area contributed by atoms with Gasteiger partial charge in [0.25, 0.3) is 0 Å². The van der Waals surface area contributed by atoms with Crippen molar-refractivity contribution in [2.75, 3.05) is 24.2 Å². The number of nitrogens with zero attached hydrogens (tertiary/aromatic N) is 2. The fourth-order valence-corrected chi connectivity index (χ4v) is 3.91. The minimum Gasteiger partial charge on any atom is -0.480 e. The van der Waals surface area contributed by atoms with E-state index in [4.69, 9.17) is 0 Å². The second kappa shape index (κ2) is 8.26. The van der Waals surface area contributed by atoms with Gasteiger partial charge in [0.1, 0.15) is 12.6 Å². The van der Waals surface area contributed by atoms with Crippen LogP contribution in [0, 0.1) is 0 Å². The molecule has 0 spiro atoms. The Balaban J connectivity index is 1.76. The lowest BCUT2D eigenvalue weighted by molar-refractivity contribution is -0.148. The summed E-state index contributed by atoms with van der Waals surface area (Å²) in [5, 5.41) is 9.59. The highest BCUT2D eigenvalue weighted by atomic mass is 32.2. The van der Waals surface area contributed by atoms with Crippen LogP contribution in [0.3, 0.4) is 0 Å². The van der Waals surface area contributed by atoms with Gasteiger partial charge in [-0.1, -0.05) is 42.5 Å². The molecular formula is C20H20N2O4S. The highest BCUT2D eigenvalue weighted by Gasteiger charge is 2.31. The first-order chi connectivity index (χ1) is 13.0. The number of para-hydroxylation sites is 1. The number of amides is 2. The summed E-state index contributed by atoms with van der Waals surface area (Å²) in [7, 11) is 1.47. The Morgan fingerprint density at radius 2 is 1.81 bits per heavy atom. The van der Waals surface area contributed by atoms with Gasteiger partial charge in [-0.15, -0.1) is 11.8 Å². The Morgan fingerprint density at radius 1 is 1.15 bits per heavy atom. The number of aliphatic carboxylic acids is 1. The van der Waals surface area contributed by atoms with Gasteiger partial charge >= 0.3 is 5.97 Å². The fourth-order valence-electron chi connectivity index (χ4n) is 2.98. The molecule has 1 aliphatic heterocycles. The SMILES string of the molecule is CN(C(=O)CN1C(=O)CSc2ccccc21)C(Cc1ccccc1)C(=O)O. The van der Waals surface area contributed by atoms with Crippen molar-refractivity contribution in [1.82, 2.24) is 4.90 Å². The van der Waals surface area contributed by atoms with Crippen LogP contribution in [0.4, 0.5) is 5.69 Å². The van der Waals surface area contributed by atoms with Crippen molar-refractivity contribution in [3.05, 3.63) is 60.2 Å². The quantitative estimate of drug-likeness (QED) is 0.827. The first-order valence-corrected chi connectivity index (χ1v) is 9.50. The van der Waals surface area contributed by atoms with Crippen molar-refractivity contribution in [2.24, 2.45) is 0 Å². The van der Waals surface area contributed by atoms with Gasteiger partial charge in [-0.3, -0.25) is 9.59 Å². The maximum absolute atomic E-state index is 12.8. The van der Waals surface area contributed by atoms with Gasteiger partial charge in [-0.25, -0.2) is 4.79 Å². The van der Waals surface area contributed by atoms with Crippen LogP contribution in [0.5, 0.6) is 0 Å². The molecule has 3 rings (SSSR count). The normalized spacial score (nSPS) is 14.4. The summed E-state index contributed by atoms with van der Waals surface area (Å²) >= 11 is 1.44. The van der Waals surface area contributed by atoms with Crippen molar-refractivity contribution in [2.45, 2.75) is 17.4 Å². The third-order valence-electron chi connectivity index (χ3n) is 4.52. The molecule has 2 aromatic carbocycles. The number of anilines is 1. The molecule has 1 atom stereocenters. The number of hydrogen-bond acceptors (Lipinski definition) is 4. The third-order valence-corrected chi connectivity index (χ3v) is 5.57. The molecular weight excluding hydrogens is 364 g/mol. The predicted molar refractivity (Wildman–Crippen MR) is 104 cm³/mol. The van der Waals surface area contributed by atoms with Gasteiger partial charge in [0.2, 0.25) is 11.8 Å². The van der Waals surface area contributed by atoms with E-state index in [9.17, 15) is 19.5 Å². The number of carboxylic acids is 1. The molecule has 0 bridgehead atoms. The van der Waals surface area contributed by atoms with Crippen LogP contribution in [0.25, 0.3) is 0 Å². The van der Waals surface area contributed by atoms with E-state index in [-0.39, 0.29) is 24.6 Å². The molecule has 0 aromatic heterocycles. The number of carboxylic acid groups (broad SMARTS) is 1. The largest absolute Gasteiger partial charge is 0.480 e. The number of likely N-dealkylation sites (N-methyl/N-ethyl adjacent to an activating group) is 1. The number of benzene rings is 2. The molecule has 6 nitrogen and oxygen atoms in total. The Bertz CT molecular complexity index is 856. The second-order valence-electron chi connectivity index (χ2n) is 6.28. The Hall–Kier alpha value is -2.80. The molecule has 1 N–H and O–H groups in total. The Morgan fingerprint density at radius 3 is 2.52 bits per heavy atom. The smallest absolute Gasteiger partial charge is 0.326 e. The first-order valence-electron chi connectivity index (χ1n) is 8.52. The third kappa shape index (κ3) is 4.31. The van der Waals surface area contributed by atoms with Crippen molar-refractivity contribution in [1.29, 1.82) is 0 Å². The lowest BCUT2D eigenvalue weighted by Gasteiger charge is -2.31. The molecule has 2 amide bonds. The van der Waals surface area contributed by atoms with Crippen LogP contribution < -0.4 is 4.90 Å². The molecule has 0 fully saturated rings. The lowest BCUT2D eigenvalue weighted by atomic mass is 10.0. The molecule has 27 heavy (non-hydrogen) atoms. The number of fused-ring (bicyclic) bond motifs is 1. The maximum atomic E-state index is 12.8. The Kier molecular flexibility index (Phi) is 5.81. The summed E-state index contributed by atoms with van der Waals surface area (Å²) in [4.78, 5) is 40.4. The van der Waals surface area contributed by atoms with Crippen LogP contribution in [0.15, 0.2) is 59.5 Å². The summed E-state index contributed by atoms with van der Waals surface area (Å²) in [5.74, 6) is -1.38. The highest BCUT2D eigenvalue weighted by molar-refractivity contribution is 8.00. The van der Waals surface area contributed by atoms with Gasteiger partial charge in [-0.05, 0) is 17.7 Å². The second-order valence-corrected chi connectivity index (χ2v) is 7.30. The minimum absolute atomic E-state index is 0.157. The summed E-state index contributed by atoms with van der Waals surface area (Å²) in [6.07, 6.45) is 0.207. The summed E-state index contributed by atoms with van der Waals surface area (Å²) in [6.45, 7) is -0.175. The van der Waals surface area contributed by atoms with E-state index in [1.807, 2.05) is 48.5 Å². The first kappa shape index (κ1) is 19.0. The zero-order valence-corrected chi connectivity index (χ0v) is 15.7. The molecule has 0 saturated carbocycles. The number of carbonyl (C=O) groups excluding carboxylic acids is 2. The van der Waals surface area contributed by atoms with E-state index in [1.165, 1.54) is 28.6 Å². The van der Waals surface area contributed by atoms with Crippen LogP contribution in [0.1, 0.15) is 5.56 Å². The number of thioether (sulfide) groups is 1. The van der Waals surface area contributed by atoms with Gasteiger partial charge in [0.15, 0.2) is 0 Å². The number of hydrogen-bond donors (Lipinski definition) is 1. The van der Waals surface area contributed by atoms with Crippen molar-refractivity contribution in [3.63, 3.8) is 0 Å². The molecule has 1 unspecified atom stereocenters. The molecule has 140 valence electrons. The van der Waals surface area contributed by atoms with E-state index < -0.39 is 17.9 Å². The van der Waals surface area contributed by atoms with E-state index >= 15 is 0 Å². The standard InChI is InChI=1S/C20H20N2O4S/c1-21(16(20(25)26)11-14-7-3-2-4-8-14)18(23)12-22-15-9-5-6-10-17(15)27-13-19(22)24/h2-10,16H,11-13H2,1H3,(H,25,26).